The fourth-order valence-electron chi connectivity index (χ4n) is 3.75. The highest BCUT2D eigenvalue weighted by atomic mass is 32.1. The maximum Gasteiger partial charge on any atom is 0.348 e. The highest BCUT2D eigenvalue weighted by Gasteiger charge is 2.23. The second-order valence-electron chi connectivity index (χ2n) is 7.13. The number of hydrogen-bond donors (Lipinski definition) is 1. The molecule has 1 N–H and O–H groups in total. The van der Waals surface area contributed by atoms with Gasteiger partial charge in [0.2, 0.25) is 0 Å². The molecule has 2 unspecified atom stereocenters. The van der Waals surface area contributed by atoms with Crippen molar-refractivity contribution >= 4 is 23.2 Å². The monoisotopic (exact) mass is 349 g/mol. The van der Waals surface area contributed by atoms with Crippen molar-refractivity contribution in [1.82, 2.24) is 5.32 Å². The van der Waals surface area contributed by atoms with Gasteiger partial charge in [-0.15, -0.1) is 11.3 Å². The van der Waals surface area contributed by atoms with Gasteiger partial charge in [0.1, 0.15) is 4.88 Å². The van der Waals surface area contributed by atoms with Crippen molar-refractivity contribution in [1.29, 1.82) is 0 Å². The van der Waals surface area contributed by atoms with Crippen molar-refractivity contribution in [2.24, 2.45) is 5.92 Å². The summed E-state index contributed by atoms with van der Waals surface area (Å²) in [6.45, 7) is 2.00. The number of carbonyl (C=O) groups is 2. The zero-order chi connectivity index (χ0) is 16.9. The summed E-state index contributed by atoms with van der Waals surface area (Å²) in [5, 5.41) is 3.02. The number of fused-ring (bicyclic) bond motifs is 1. The van der Waals surface area contributed by atoms with Crippen molar-refractivity contribution in [3.8, 4) is 0 Å². The van der Waals surface area contributed by atoms with Gasteiger partial charge in [-0.2, -0.15) is 0 Å². The van der Waals surface area contributed by atoms with Crippen LogP contribution in [0.4, 0.5) is 0 Å². The van der Waals surface area contributed by atoms with Gasteiger partial charge in [-0.3, -0.25) is 4.79 Å². The van der Waals surface area contributed by atoms with E-state index < -0.39 is 0 Å². The Morgan fingerprint density at radius 3 is 2.79 bits per heavy atom. The summed E-state index contributed by atoms with van der Waals surface area (Å²) in [6, 6.07) is 2.19. The largest absolute Gasteiger partial charge is 0.451 e. The van der Waals surface area contributed by atoms with Crippen LogP contribution in [-0.4, -0.2) is 24.5 Å². The van der Waals surface area contributed by atoms with Crippen LogP contribution in [0.15, 0.2) is 6.07 Å². The van der Waals surface area contributed by atoms with Gasteiger partial charge < -0.3 is 10.1 Å². The Bertz CT molecular complexity index is 572. The van der Waals surface area contributed by atoms with Gasteiger partial charge in [0, 0.05) is 10.9 Å². The third-order valence-corrected chi connectivity index (χ3v) is 6.46. The molecular formula is C19H27NO3S. The summed E-state index contributed by atoms with van der Waals surface area (Å²) < 4.78 is 5.24. The van der Waals surface area contributed by atoms with E-state index in [4.69, 9.17) is 4.74 Å². The molecule has 2 aliphatic carbocycles. The molecule has 0 aliphatic heterocycles. The van der Waals surface area contributed by atoms with Crippen LogP contribution in [0.5, 0.6) is 0 Å². The van der Waals surface area contributed by atoms with Gasteiger partial charge in [-0.25, -0.2) is 4.79 Å². The van der Waals surface area contributed by atoms with Gasteiger partial charge in [0.05, 0.1) is 0 Å². The molecule has 4 nitrogen and oxygen atoms in total. The van der Waals surface area contributed by atoms with Crippen molar-refractivity contribution in [2.75, 3.05) is 6.61 Å². The molecule has 1 amide bonds. The quantitative estimate of drug-likeness (QED) is 0.663. The molecule has 5 heteroatoms. The van der Waals surface area contributed by atoms with E-state index in [-0.39, 0.29) is 24.5 Å². The lowest BCUT2D eigenvalue weighted by Crippen LogP contribution is -2.42. The molecule has 1 fully saturated rings. The molecule has 3 rings (SSSR count). The average Bonchev–Trinajstić information content (AvgIpc) is 2.86. The lowest BCUT2D eigenvalue weighted by molar-refractivity contribution is -0.125. The van der Waals surface area contributed by atoms with Crippen molar-refractivity contribution < 1.29 is 14.3 Å². The number of thiophene rings is 1. The van der Waals surface area contributed by atoms with Crippen LogP contribution in [0.3, 0.4) is 0 Å². The minimum absolute atomic E-state index is 0.176. The SMILES string of the molecule is CC1CCCCC1NC(=O)COC(=O)c1cc2c(s1)CCCCC2. The minimum atomic E-state index is -0.361. The number of nitrogens with one attached hydrogen (secondary N) is 1. The molecule has 1 aromatic rings. The smallest absolute Gasteiger partial charge is 0.348 e. The van der Waals surface area contributed by atoms with E-state index in [0.717, 1.165) is 32.1 Å². The number of aryl methyl sites for hydroxylation is 2. The molecule has 0 bridgehead atoms. The highest BCUT2D eigenvalue weighted by molar-refractivity contribution is 7.14. The molecule has 1 heterocycles. The number of hydrogen-bond acceptors (Lipinski definition) is 4. The van der Waals surface area contributed by atoms with Crippen LogP contribution in [0.1, 0.15) is 72.0 Å². The standard InChI is InChI=1S/C19H27NO3S/c1-13-7-5-6-9-15(13)20-18(21)12-23-19(22)17-11-14-8-3-2-4-10-16(14)24-17/h11,13,15H,2-10,12H2,1H3,(H,20,21). The first kappa shape index (κ1) is 17.5. The maximum atomic E-state index is 12.2. The molecule has 1 saturated carbocycles. The number of amides is 1. The van der Waals surface area contributed by atoms with E-state index in [2.05, 4.69) is 12.2 Å². The van der Waals surface area contributed by atoms with Crippen molar-refractivity contribution in [3.63, 3.8) is 0 Å². The van der Waals surface area contributed by atoms with Crippen molar-refractivity contribution in [3.05, 3.63) is 21.4 Å². The van der Waals surface area contributed by atoms with Crippen molar-refractivity contribution in [2.45, 2.75) is 70.8 Å². The first-order valence-electron chi connectivity index (χ1n) is 9.21. The summed E-state index contributed by atoms with van der Waals surface area (Å²) in [5.74, 6) is -0.0357. The van der Waals surface area contributed by atoms with Gasteiger partial charge in [-0.1, -0.05) is 26.2 Å². The molecule has 2 aliphatic rings. The Morgan fingerprint density at radius 1 is 1.17 bits per heavy atom. The van der Waals surface area contributed by atoms with E-state index >= 15 is 0 Å². The van der Waals surface area contributed by atoms with E-state index in [0.29, 0.717) is 10.8 Å². The van der Waals surface area contributed by atoms with Crippen LogP contribution in [0.25, 0.3) is 0 Å². The number of ether oxygens (including phenoxy) is 1. The van der Waals surface area contributed by atoms with Gasteiger partial charge in [0.25, 0.3) is 5.91 Å². The molecule has 0 radical (unpaired) electrons. The Balaban J connectivity index is 1.49. The Labute approximate surface area is 148 Å². The number of esters is 1. The second kappa shape index (κ2) is 8.15. The second-order valence-corrected chi connectivity index (χ2v) is 8.27. The topological polar surface area (TPSA) is 55.4 Å². The molecule has 1 aromatic heterocycles. The van der Waals surface area contributed by atoms with Crippen LogP contribution in [0.2, 0.25) is 0 Å². The lowest BCUT2D eigenvalue weighted by atomic mass is 9.86. The predicted octanol–water partition coefficient (Wildman–Crippen LogP) is 3.87. The van der Waals surface area contributed by atoms with Gasteiger partial charge in [0.15, 0.2) is 6.61 Å². The van der Waals surface area contributed by atoms with Crippen LogP contribution in [-0.2, 0) is 22.4 Å². The van der Waals surface area contributed by atoms with Crippen LogP contribution < -0.4 is 5.32 Å². The highest BCUT2D eigenvalue weighted by Crippen LogP contribution is 2.29. The lowest BCUT2D eigenvalue weighted by Gasteiger charge is -2.29. The third kappa shape index (κ3) is 4.38. The van der Waals surface area contributed by atoms with E-state index in [1.807, 2.05) is 6.07 Å². The molecule has 0 aromatic carbocycles. The zero-order valence-corrected chi connectivity index (χ0v) is 15.3. The molecular weight excluding hydrogens is 322 g/mol. The number of carbonyl (C=O) groups excluding carboxylic acids is 2. The van der Waals surface area contributed by atoms with E-state index in [9.17, 15) is 9.59 Å². The van der Waals surface area contributed by atoms with Gasteiger partial charge in [-0.05, 0) is 56.1 Å². The first-order chi connectivity index (χ1) is 11.6. The van der Waals surface area contributed by atoms with Crippen LogP contribution >= 0.6 is 11.3 Å². The summed E-state index contributed by atoms with van der Waals surface area (Å²) in [4.78, 5) is 26.2. The molecule has 0 saturated heterocycles. The van der Waals surface area contributed by atoms with Gasteiger partial charge >= 0.3 is 5.97 Å². The Morgan fingerprint density at radius 2 is 1.96 bits per heavy atom. The Hall–Kier alpha value is -1.36. The summed E-state index contributed by atoms with van der Waals surface area (Å²) in [6.07, 6.45) is 10.4. The summed E-state index contributed by atoms with van der Waals surface area (Å²) in [5.41, 5.74) is 1.30. The molecule has 2 atom stereocenters. The zero-order valence-electron chi connectivity index (χ0n) is 14.4. The molecule has 132 valence electrons. The number of rotatable bonds is 4. The first-order valence-corrected chi connectivity index (χ1v) is 10.0. The fraction of sp³-hybridized carbons (Fsp3) is 0.684. The third-order valence-electron chi connectivity index (χ3n) is 5.24. The Kier molecular flexibility index (Phi) is 5.93. The summed E-state index contributed by atoms with van der Waals surface area (Å²) in [7, 11) is 0. The average molecular weight is 349 g/mol. The van der Waals surface area contributed by atoms with E-state index in [1.54, 1.807) is 0 Å². The predicted molar refractivity (Wildman–Crippen MR) is 95.4 cm³/mol. The molecule has 0 spiro atoms. The summed E-state index contributed by atoms with van der Waals surface area (Å²) >= 11 is 1.54. The fourth-order valence-corrected chi connectivity index (χ4v) is 4.90. The maximum absolute atomic E-state index is 12.2. The minimum Gasteiger partial charge on any atom is -0.451 e. The normalized spacial score (nSPS) is 23.9. The van der Waals surface area contributed by atoms with E-state index in [1.165, 1.54) is 47.5 Å². The molecule has 24 heavy (non-hydrogen) atoms. The van der Waals surface area contributed by atoms with Crippen LogP contribution in [0, 0.1) is 5.92 Å².